The molecule has 0 aliphatic rings. The molecule has 5 rings (SSSR count). The third kappa shape index (κ3) is 9.28. The summed E-state index contributed by atoms with van der Waals surface area (Å²) in [6.07, 6.45) is -0.685. The van der Waals surface area contributed by atoms with Gasteiger partial charge in [0.15, 0.2) is 0 Å². The van der Waals surface area contributed by atoms with Gasteiger partial charge >= 0.3 is 18.0 Å². The summed E-state index contributed by atoms with van der Waals surface area (Å²) in [5.41, 5.74) is 1.02. The Bertz CT molecular complexity index is 2030. The number of nitrogens with one attached hydrogen (secondary N) is 1. The minimum absolute atomic E-state index is 0.0360. The van der Waals surface area contributed by atoms with Crippen LogP contribution in [0, 0.1) is 6.92 Å². The first-order chi connectivity index (χ1) is 23.9. The third-order valence-electron chi connectivity index (χ3n) is 7.29. The molecule has 0 fully saturated rings. The number of esters is 2. The number of rotatable bonds is 11. The van der Waals surface area contributed by atoms with Gasteiger partial charge in [-0.1, -0.05) is 42.5 Å². The lowest BCUT2D eigenvalue weighted by molar-refractivity contribution is -0.136. The molecule has 0 bridgehead atoms. The van der Waals surface area contributed by atoms with Crippen LogP contribution in [0.5, 0.6) is 23.0 Å². The molecule has 0 spiro atoms. The van der Waals surface area contributed by atoms with Crippen molar-refractivity contribution in [3.8, 4) is 23.0 Å². The number of aryl methyl sites for hydroxylation is 1. The van der Waals surface area contributed by atoms with E-state index in [-0.39, 0.29) is 34.6 Å². The largest absolute Gasteiger partial charge is 0.489 e. The zero-order chi connectivity index (χ0) is 35.8. The number of carbonyl (C=O) groups is 3. The van der Waals surface area contributed by atoms with Crippen LogP contribution in [0.2, 0.25) is 0 Å². The molecule has 0 saturated carbocycles. The second kappa shape index (κ2) is 15.4. The van der Waals surface area contributed by atoms with Gasteiger partial charge in [0, 0.05) is 12.5 Å². The van der Waals surface area contributed by atoms with Gasteiger partial charge in [0.05, 0.1) is 18.1 Å². The van der Waals surface area contributed by atoms with Crippen molar-refractivity contribution >= 4 is 29.0 Å². The molecule has 5 aromatic rings. The van der Waals surface area contributed by atoms with Crippen molar-refractivity contribution in [3.63, 3.8) is 0 Å². The fraction of sp³-hybridized carbons (Fsp3) is 0.231. The number of benzene rings is 4. The summed E-state index contributed by atoms with van der Waals surface area (Å²) < 4.78 is 33.4. The lowest BCUT2D eigenvalue weighted by Gasteiger charge is -2.23. The molecule has 0 saturated heterocycles. The van der Waals surface area contributed by atoms with Crippen LogP contribution < -0.4 is 25.0 Å². The zero-order valence-electron chi connectivity index (χ0n) is 28.3. The Morgan fingerprint density at radius 2 is 1.48 bits per heavy atom. The van der Waals surface area contributed by atoms with Gasteiger partial charge in [-0.2, -0.15) is 0 Å². The summed E-state index contributed by atoms with van der Waals surface area (Å²) in [5.74, 6) is -0.0485. The van der Waals surface area contributed by atoms with E-state index in [0.29, 0.717) is 23.7 Å². The lowest BCUT2D eigenvalue weighted by atomic mass is 10.1. The highest BCUT2D eigenvalue weighted by molar-refractivity contribution is 5.89. The molecule has 1 amide bonds. The maximum atomic E-state index is 13.5. The molecule has 1 aromatic heterocycles. The highest BCUT2D eigenvalue weighted by Gasteiger charge is 2.27. The standard InChI is InChI=1S/C39H37NO10/c1-24-35(48-29-17-13-27(14-18-29)36(42)45-5)34(41)31-20-19-30(22-33(31)47-24)49-37(43)32(40-38(44)50-39(2,3)4)21-25-11-15-28(16-12-25)46-23-26-9-7-6-8-10-26/h6-20,22,32H,21,23H2,1-5H3,(H,40,44)/t32-/m0/s1. The second-order valence-corrected chi connectivity index (χ2v) is 12.3. The van der Waals surface area contributed by atoms with Gasteiger partial charge in [0.1, 0.15) is 46.8 Å². The van der Waals surface area contributed by atoms with Crippen molar-refractivity contribution in [1.82, 2.24) is 5.32 Å². The van der Waals surface area contributed by atoms with Gasteiger partial charge in [0.2, 0.25) is 11.2 Å². The average Bonchev–Trinajstić information content (AvgIpc) is 3.09. The molecule has 4 aromatic carbocycles. The maximum absolute atomic E-state index is 13.5. The Kier molecular flexibility index (Phi) is 10.9. The second-order valence-electron chi connectivity index (χ2n) is 12.3. The summed E-state index contributed by atoms with van der Waals surface area (Å²) in [4.78, 5) is 51.3. The molecule has 1 heterocycles. The fourth-order valence-electron chi connectivity index (χ4n) is 4.87. The van der Waals surface area contributed by atoms with Crippen LogP contribution in [0.15, 0.2) is 106 Å². The number of amides is 1. The lowest BCUT2D eigenvalue weighted by Crippen LogP contribution is -2.46. The minimum Gasteiger partial charge on any atom is -0.489 e. The Labute approximate surface area is 288 Å². The van der Waals surface area contributed by atoms with E-state index in [9.17, 15) is 19.2 Å². The van der Waals surface area contributed by atoms with E-state index in [2.05, 4.69) is 5.32 Å². The van der Waals surface area contributed by atoms with Gasteiger partial charge < -0.3 is 33.4 Å². The number of hydrogen-bond donors (Lipinski definition) is 1. The smallest absolute Gasteiger partial charge is 0.408 e. The number of ether oxygens (including phenoxy) is 5. The van der Waals surface area contributed by atoms with E-state index in [0.717, 1.165) is 11.1 Å². The van der Waals surface area contributed by atoms with Crippen LogP contribution in [-0.2, 0) is 27.3 Å². The average molecular weight is 680 g/mol. The number of hydrogen-bond acceptors (Lipinski definition) is 10. The van der Waals surface area contributed by atoms with Crippen molar-refractivity contribution in [2.45, 2.75) is 52.4 Å². The minimum atomic E-state index is -1.12. The number of methoxy groups -OCH3 is 1. The molecule has 0 radical (unpaired) electrons. The van der Waals surface area contributed by atoms with E-state index in [1.165, 1.54) is 49.6 Å². The van der Waals surface area contributed by atoms with Crippen molar-refractivity contribution in [3.05, 3.63) is 130 Å². The van der Waals surface area contributed by atoms with E-state index in [1.807, 2.05) is 30.3 Å². The quantitative estimate of drug-likeness (QED) is 0.112. The van der Waals surface area contributed by atoms with E-state index >= 15 is 0 Å². The summed E-state index contributed by atoms with van der Waals surface area (Å²) in [5, 5.41) is 2.81. The molecule has 1 atom stereocenters. The predicted molar refractivity (Wildman–Crippen MR) is 185 cm³/mol. The number of alkyl carbamates (subject to hydrolysis) is 1. The summed E-state index contributed by atoms with van der Waals surface area (Å²) in [6, 6.07) is 26.3. The van der Waals surface area contributed by atoms with Crippen LogP contribution in [0.1, 0.15) is 48.0 Å². The van der Waals surface area contributed by atoms with Gasteiger partial charge in [0.25, 0.3) is 0 Å². The molecule has 258 valence electrons. The zero-order valence-corrected chi connectivity index (χ0v) is 28.3. The van der Waals surface area contributed by atoms with Crippen LogP contribution in [-0.4, -0.2) is 36.8 Å². The maximum Gasteiger partial charge on any atom is 0.408 e. The monoisotopic (exact) mass is 679 g/mol. The van der Waals surface area contributed by atoms with Crippen molar-refractivity contribution in [1.29, 1.82) is 0 Å². The molecule has 11 heteroatoms. The molecule has 1 N–H and O–H groups in total. The van der Waals surface area contributed by atoms with Gasteiger partial charge in [-0.3, -0.25) is 4.79 Å². The van der Waals surface area contributed by atoms with E-state index in [4.69, 9.17) is 28.1 Å². The van der Waals surface area contributed by atoms with Gasteiger partial charge in [-0.25, -0.2) is 14.4 Å². The predicted octanol–water partition coefficient (Wildman–Crippen LogP) is 7.30. The number of carbonyl (C=O) groups excluding carboxylic acids is 3. The third-order valence-corrected chi connectivity index (χ3v) is 7.29. The molecule has 0 aliphatic carbocycles. The van der Waals surface area contributed by atoms with Crippen LogP contribution in [0.25, 0.3) is 11.0 Å². The summed E-state index contributed by atoms with van der Waals surface area (Å²) in [6.45, 7) is 7.13. The fourth-order valence-corrected chi connectivity index (χ4v) is 4.87. The Hall–Kier alpha value is -6.10. The SMILES string of the molecule is COC(=O)c1ccc(Oc2c(C)oc3cc(OC(=O)[C@H](Cc4ccc(OCc5ccccc5)cc4)NC(=O)OC(C)(C)C)ccc3c2=O)cc1. The first kappa shape index (κ1) is 35.2. The molecule has 50 heavy (non-hydrogen) atoms. The molecular formula is C39H37NO10. The highest BCUT2D eigenvalue weighted by atomic mass is 16.6. The summed E-state index contributed by atoms with van der Waals surface area (Å²) in [7, 11) is 1.28. The summed E-state index contributed by atoms with van der Waals surface area (Å²) >= 11 is 0. The van der Waals surface area contributed by atoms with Crippen molar-refractivity contribution < 1.29 is 42.5 Å². The molecule has 0 unspecified atom stereocenters. The van der Waals surface area contributed by atoms with Crippen LogP contribution in [0.3, 0.4) is 0 Å². The van der Waals surface area contributed by atoms with Crippen LogP contribution in [0.4, 0.5) is 4.79 Å². The van der Waals surface area contributed by atoms with Crippen molar-refractivity contribution in [2.75, 3.05) is 7.11 Å². The highest BCUT2D eigenvalue weighted by Crippen LogP contribution is 2.28. The topological polar surface area (TPSA) is 140 Å². The van der Waals surface area contributed by atoms with Crippen molar-refractivity contribution in [2.24, 2.45) is 0 Å². The van der Waals surface area contributed by atoms with Gasteiger partial charge in [-0.15, -0.1) is 0 Å². The normalized spacial score (nSPS) is 11.7. The Morgan fingerprint density at radius 1 is 0.820 bits per heavy atom. The van der Waals surface area contributed by atoms with Crippen LogP contribution >= 0.6 is 0 Å². The Morgan fingerprint density at radius 3 is 2.14 bits per heavy atom. The van der Waals surface area contributed by atoms with E-state index < -0.39 is 35.1 Å². The first-order valence-corrected chi connectivity index (χ1v) is 15.8. The Balaban J connectivity index is 1.31. The first-order valence-electron chi connectivity index (χ1n) is 15.8. The van der Waals surface area contributed by atoms with E-state index in [1.54, 1.807) is 52.0 Å². The van der Waals surface area contributed by atoms with Gasteiger partial charge in [-0.05, 0) is 87.4 Å². The molecule has 11 nitrogen and oxygen atoms in total. The number of fused-ring (bicyclic) bond motifs is 1. The molecular weight excluding hydrogens is 642 g/mol. The molecule has 0 aliphatic heterocycles.